The van der Waals surface area contributed by atoms with Crippen LogP contribution in [0.2, 0.25) is 0 Å². The molecule has 2 aromatic heterocycles. The van der Waals surface area contributed by atoms with Crippen LogP contribution in [0.25, 0.3) is 11.1 Å². The minimum absolute atomic E-state index is 0.0521. The van der Waals surface area contributed by atoms with Crippen molar-refractivity contribution in [3.63, 3.8) is 0 Å². The number of benzene rings is 1. The molecule has 0 atom stereocenters. The van der Waals surface area contributed by atoms with Crippen molar-refractivity contribution >= 4 is 22.4 Å². The first-order valence-electron chi connectivity index (χ1n) is 7.50. The van der Waals surface area contributed by atoms with Crippen LogP contribution in [0.3, 0.4) is 0 Å². The molecule has 0 bridgehead atoms. The van der Waals surface area contributed by atoms with E-state index in [1.165, 1.54) is 11.3 Å². The number of amides is 1. The Morgan fingerprint density at radius 1 is 1.16 bits per heavy atom. The van der Waals surface area contributed by atoms with Crippen LogP contribution < -0.4 is 14.4 Å². The maximum atomic E-state index is 12.5. The van der Waals surface area contributed by atoms with Gasteiger partial charge in [0, 0.05) is 17.3 Å². The summed E-state index contributed by atoms with van der Waals surface area (Å²) < 4.78 is 10.5. The second-order valence-electron chi connectivity index (χ2n) is 5.42. The van der Waals surface area contributed by atoms with Crippen molar-refractivity contribution in [3.8, 4) is 22.8 Å². The molecule has 25 heavy (non-hydrogen) atoms. The van der Waals surface area contributed by atoms with Gasteiger partial charge in [-0.2, -0.15) is 0 Å². The number of pyridine rings is 1. The zero-order valence-corrected chi connectivity index (χ0v) is 14.4. The van der Waals surface area contributed by atoms with Gasteiger partial charge < -0.3 is 9.47 Å². The number of anilines is 1. The summed E-state index contributed by atoms with van der Waals surface area (Å²) in [6.45, 7) is 0.484. The van der Waals surface area contributed by atoms with Crippen molar-refractivity contribution in [1.82, 2.24) is 15.2 Å². The summed E-state index contributed by atoms with van der Waals surface area (Å²) in [7, 11) is 3.12. The third-order valence-electron chi connectivity index (χ3n) is 4.05. The van der Waals surface area contributed by atoms with Gasteiger partial charge in [0.2, 0.25) is 5.13 Å². The van der Waals surface area contributed by atoms with Crippen molar-refractivity contribution in [3.05, 3.63) is 47.1 Å². The van der Waals surface area contributed by atoms with E-state index in [2.05, 4.69) is 15.2 Å². The van der Waals surface area contributed by atoms with E-state index < -0.39 is 0 Å². The highest BCUT2D eigenvalue weighted by Crippen LogP contribution is 2.34. The van der Waals surface area contributed by atoms with Crippen molar-refractivity contribution < 1.29 is 14.3 Å². The molecular weight excluding hydrogens is 340 g/mol. The summed E-state index contributed by atoms with van der Waals surface area (Å²) in [6, 6.07) is 7.61. The lowest BCUT2D eigenvalue weighted by Crippen LogP contribution is -2.22. The Morgan fingerprint density at radius 3 is 2.76 bits per heavy atom. The lowest BCUT2D eigenvalue weighted by atomic mass is 10.0. The van der Waals surface area contributed by atoms with Gasteiger partial charge in [0.25, 0.3) is 11.8 Å². The second kappa shape index (κ2) is 6.14. The minimum Gasteiger partial charge on any atom is -0.491 e. The smallest absolute Gasteiger partial charge is 0.260 e. The number of carbonyl (C=O) groups excluding carboxylic acids is 1. The number of carbonyl (C=O) groups is 1. The predicted molar refractivity (Wildman–Crippen MR) is 93.2 cm³/mol. The number of hydrogen-bond acceptors (Lipinski definition) is 7. The van der Waals surface area contributed by atoms with E-state index in [4.69, 9.17) is 9.47 Å². The fourth-order valence-corrected chi connectivity index (χ4v) is 3.39. The SMILES string of the molecule is COc1cc(-c2ccc3c(c2)CN(c2nncs2)C3=O)cnc1OC. The highest BCUT2D eigenvalue weighted by Gasteiger charge is 2.30. The van der Waals surface area contributed by atoms with Gasteiger partial charge in [-0.1, -0.05) is 17.4 Å². The highest BCUT2D eigenvalue weighted by molar-refractivity contribution is 7.13. The first kappa shape index (κ1) is 15.5. The summed E-state index contributed by atoms with van der Waals surface area (Å²) in [6.07, 6.45) is 1.72. The van der Waals surface area contributed by atoms with Gasteiger partial charge >= 0.3 is 0 Å². The summed E-state index contributed by atoms with van der Waals surface area (Å²) in [4.78, 5) is 18.4. The van der Waals surface area contributed by atoms with Crippen LogP contribution >= 0.6 is 11.3 Å². The number of rotatable bonds is 4. The summed E-state index contributed by atoms with van der Waals surface area (Å²) >= 11 is 1.35. The lowest BCUT2D eigenvalue weighted by molar-refractivity contribution is 0.0996. The third-order valence-corrected chi connectivity index (χ3v) is 4.77. The Morgan fingerprint density at radius 2 is 2.04 bits per heavy atom. The van der Waals surface area contributed by atoms with E-state index in [0.717, 1.165) is 16.7 Å². The van der Waals surface area contributed by atoms with Crippen LogP contribution in [0.4, 0.5) is 5.13 Å². The Kier molecular flexibility index (Phi) is 3.81. The molecule has 126 valence electrons. The van der Waals surface area contributed by atoms with Crippen molar-refractivity contribution in [1.29, 1.82) is 0 Å². The fourth-order valence-electron chi connectivity index (χ4n) is 2.83. The van der Waals surface area contributed by atoms with E-state index in [1.807, 2.05) is 24.3 Å². The maximum absolute atomic E-state index is 12.5. The number of hydrogen-bond donors (Lipinski definition) is 0. The Bertz CT molecular complexity index is 943. The van der Waals surface area contributed by atoms with E-state index in [9.17, 15) is 4.79 Å². The second-order valence-corrected chi connectivity index (χ2v) is 6.23. The largest absolute Gasteiger partial charge is 0.491 e. The molecule has 7 nitrogen and oxygen atoms in total. The Labute approximate surface area is 147 Å². The standard InChI is InChI=1S/C17H14N4O3S/c1-23-14-6-11(7-18-15(14)24-2)10-3-4-13-12(5-10)8-21(16(13)22)17-20-19-9-25-17/h3-7,9H,8H2,1-2H3. The first-order valence-corrected chi connectivity index (χ1v) is 8.38. The molecule has 3 aromatic rings. The van der Waals surface area contributed by atoms with Crippen LogP contribution in [0, 0.1) is 0 Å². The summed E-state index contributed by atoms with van der Waals surface area (Å²) in [5.74, 6) is 0.945. The maximum Gasteiger partial charge on any atom is 0.260 e. The van der Waals surface area contributed by atoms with E-state index >= 15 is 0 Å². The van der Waals surface area contributed by atoms with Gasteiger partial charge in [0.1, 0.15) is 5.51 Å². The van der Waals surface area contributed by atoms with Crippen LogP contribution in [0.15, 0.2) is 36.0 Å². The van der Waals surface area contributed by atoms with Gasteiger partial charge in [-0.25, -0.2) is 4.98 Å². The molecule has 1 aliphatic rings. The van der Waals surface area contributed by atoms with Gasteiger partial charge in [-0.15, -0.1) is 10.2 Å². The quantitative estimate of drug-likeness (QED) is 0.717. The predicted octanol–water partition coefficient (Wildman–Crippen LogP) is 2.78. The van der Waals surface area contributed by atoms with Gasteiger partial charge in [-0.3, -0.25) is 9.69 Å². The van der Waals surface area contributed by atoms with Crippen molar-refractivity contribution in [2.24, 2.45) is 0 Å². The molecule has 0 fully saturated rings. The van der Waals surface area contributed by atoms with E-state index in [1.54, 1.807) is 30.8 Å². The van der Waals surface area contributed by atoms with Gasteiger partial charge in [0.05, 0.1) is 20.8 Å². The molecule has 0 spiro atoms. The van der Waals surface area contributed by atoms with Gasteiger partial charge in [-0.05, 0) is 29.3 Å². The molecule has 0 unspecified atom stereocenters. The van der Waals surface area contributed by atoms with E-state index in [-0.39, 0.29) is 5.91 Å². The number of aromatic nitrogens is 3. The molecule has 1 aromatic carbocycles. The third kappa shape index (κ3) is 2.60. The summed E-state index contributed by atoms with van der Waals surface area (Å²) in [5, 5.41) is 8.40. The average molecular weight is 354 g/mol. The number of fused-ring (bicyclic) bond motifs is 1. The molecule has 0 saturated heterocycles. The fraction of sp³-hybridized carbons (Fsp3) is 0.176. The molecule has 3 heterocycles. The lowest BCUT2D eigenvalue weighted by Gasteiger charge is -2.09. The Hall–Kier alpha value is -3.00. The summed E-state index contributed by atoms with van der Waals surface area (Å²) in [5.41, 5.74) is 5.10. The first-order chi connectivity index (χ1) is 12.2. The van der Waals surface area contributed by atoms with Crippen LogP contribution in [0.5, 0.6) is 11.6 Å². The van der Waals surface area contributed by atoms with Crippen molar-refractivity contribution in [2.75, 3.05) is 19.1 Å². The zero-order chi connectivity index (χ0) is 17.4. The number of ether oxygens (including phenoxy) is 2. The zero-order valence-electron chi connectivity index (χ0n) is 13.6. The topological polar surface area (TPSA) is 77.4 Å². The molecule has 0 saturated carbocycles. The minimum atomic E-state index is -0.0521. The monoisotopic (exact) mass is 354 g/mol. The van der Waals surface area contributed by atoms with Gasteiger partial charge in [0.15, 0.2) is 5.75 Å². The van der Waals surface area contributed by atoms with Crippen LogP contribution in [-0.2, 0) is 6.54 Å². The normalized spacial score (nSPS) is 13.0. The molecule has 8 heteroatoms. The molecule has 4 rings (SSSR count). The van der Waals surface area contributed by atoms with Crippen LogP contribution in [0.1, 0.15) is 15.9 Å². The average Bonchev–Trinajstić information content (AvgIpc) is 3.29. The molecular formula is C17H14N4O3S. The molecule has 0 N–H and O–H groups in total. The Balaban J connectivity index is 1.70. The highest BCUT2D eigenvalue weighted by atomic mass is 32.1. The molecule has 1 amide bonds. The molecule has 0 radical (unpaired) electrons. The number of nitrogens with zero attached hydrogens (tertiary/aromatic N) is 4. The van der Waals surface area contributed by atoms with Crippen molar-refractivity contribution in [2.45, 2.75) is 6.54 Å². The van der Waals surface area contributed by atoms with Crippen LogP contribution in [-0.4, -0.2) is 35.3 Å². The number of methoxy groups -OCH3 is 2. The molecule has 0 aliphatic carbocycles. The van der Waals surface area contributed by atoms with E-state index in [0.29, 0.717) is 28.9 Å². The molecule has 1 aliphatic heterocycles.